The average Bonchev–Trinajstić information content (AvgIpc) is 2.88. The molecule has 0 N–H and O–H groups in total. The third kappa shape index (κ3) is 3.64. The monoisotopic (exact) mass is 435 g/mol. The van der Waals surface area contributed by atoms with Crippen molar-refractivity contribution < 1.29 is 9.53 Å². The molecule has 3 aromatic carbocycles. The van der Waals surface area contributed by atoms with E-state index in [1.807, 2.05) is 48.7 Å². The predicted octanol–water partition coefficient (Wildman–Crippen LogP) is 4.65. The second-order valence-electron chi connectivity index (χ2n) is 8.62. The van der Waals surface area contributed by atoms with Crippen LogP contribution in [0, 0.1) is 0 Å². The molecule has 164 valence electrons. The minimum Gasteiger partial charge on any atom is -0.492 e. The lowest BCUT2D eigenvalue weighted by molar-refractivity contribution is 0.103. The normalized spacial score (nSPS) is 15.5. The number of anilines is 1. The van der Waals surface area contributed by atoms with Crippen LogP contribution in [0.1, 0.15) is 15.9 Å². The third-order valence-corrected chi connectivity index (χ3v) is 6.68. The van der Waals surface area contributed by atoms with E-state index in [2.05, 4.69) is 45.1 Å². The van der Waals surface area contributed by atoms with Crippen LogP contribution in [0.15, 0.2) is 79.0 Å². The molecule has 4 aromatic rings. The Kier molecular flexibility index (Phi) is 5.04. The van der Waals surface area contributed by atoms with Crippen molar-refractivity contribution >= 4 is 22.2 Å². The van der Waals surface area contributed by atoms with Crippen LogP contribution in [0.4, 0.5) is 5.69 Å². The van der Waals surface area contributed by atoms with E-state index >= 15 is 0 Å². The predicted molar refractivity (Wildman–Crippen MR) is 131 cm³/mol. The highest BCUT2D eigenvalue weighted by Gasteiger charge is 2.26. The summed E-state index contributed by atoms with van der Waals surface area (Å²) in [4.78, 5) is 22.7. The summed E-state index contributed by atoms with van der Waals surface area (Å²) in [6.45, 7) is 5.55. The highest BCUT2D eigenvalue weighted by Crippen LogP contribution is 2.39. The summed E-state index contributed by atoms with van der Waals surface area (Å²) in [6, 6.07) is 24.2. The third-order valence-electron chi connectivity index (χ3n) is 6.68. The van der Waals surface area contributed by atoms with Gasteiger partial charge in [0.15, 0.2) is 5.78 Å². The van der Waals surface area contributed by atoms with Crippen molar-refractivity contribution in [2.75, 3.05) is 44.2 Å². The van der Waals surface area contributed by atoms with Gasteiger partial charge in [-0.2, -0.15) is 0 Å². The smallest absolute Gasteiger partial charge is 0.194 e. The molecule has 0 spiro atoms. The number of hydrogen-bond donors (Lipinski definition) is 0. The van der Waals surface area contributed by atoms with Crippen molar-refractivity contribution in [1.29, 1.82) is 0 Å². The Bertz CT molecular complexity index is 1330. The molecule has 33 heavy (non-hydrogen) atoms. The van der Waals surface area contributed by atoms with Gasteiger partial charge in [-0.15, -0.1) is 0 Å². The van der Waals surface area contributed by atoms with Gasteiger partial charge in [0.1, 0.15) is 12.4 Å². The molecule has 0 radical (unpaired) electrons. The summed E-state index contributed by atoms with van der Waals surface area (Å²) in [5, 5.41) is 1.91. The van der Waals surface area contributed by atoms with E-state index in [0.717, 1.165) is 60.5 Å². The van der Waals surface area contributed by atoms with Crippen LogP contribution in [0.3, 0.4) is 0 Å². The largest absolute Gasteiger partial charge is 0.492 e. The first-order chi connectivity index (χ1) is 16.3. The molecule has 1 saturated heterocycles. The molecule has 5 nitrogen and oxygen atoms in total. The molecule has 0 amide bonds. The summed E-state index contributed by atoms with van der Waals surface area (Å²) >= 11 is 0. The minimum atomic E-state index is 0.0404. The fourth-order valence-corrected chi connectivity index (χ4v) is 4.95. The maximum absolute atomic E-state index is 13.2. The van der Waals surface area contributed by atoms with E-state index in [1.165, 1.54) is 5.69 Å². The Morgan fingerprint density at radius 1 is 0.818 bits per heavy atom. The van der Waals surface area contributed by atoms with Gasteiger partial charge in [-0.3, -0.25) is 14.7 Å². The summed E-state index contributed by atoms with van der Waals surface area (Å²) in [5.74, 6) is 0.781. The van der Waals surface area contributed by atoms with Gasteiger partial charge in [-0.05, 0) is 35.7 Å². The Balaban J connectivity index is 1.15. The van der Waals surface area contributed by atoms with Gasteiger partial charge in [-0.1, -0.05) is 42.5 Å². The zero-order chi connectivity index (χ0) is 22.2. The number of pyridine rings is 1. The molecule has 1 fully saturated rings. The summed E-state index contributed by atoms with van der Waals surface area (Å²) in [7, 11) is 0. The van der Waals surface area contributed by atoms with Gasteiger partial charge in [0, 0.05) is 66.7 Å². The number of ketones is 1. The number of carbonyl (C=O) groups excluding carboxylic acids is 1. The molecule has 1 aromatic heterocycles. The number of para-hydroxylation sites is 1. The van der Waals surface area contributed by atoms with Crippen molar-refractivity contribution in [3.05, 3.63) is 90.1 Å². The number of hydrogen-bond acceptors (Lipinski definition) is 5. The van der Waals surface area contributed by atoms with Gasteiger partial charge in [0.25, 0.3) is 0 Å². The van der Waals surface area contributed by atoms with Gasteiger partial charge >= 0.3 is 0 Å². The SMILES string of the molecule is O=C1c2ccccc2-c2nccc3cc(OCCN4CCN(c5ccccc5)CC4)cc1c23. The standard InChI is InChI=1S/C28H25N3O2/c32-28-24-9-5-4-8-23(24)27-26-20(10-11-29-27)18-22(19-25(26)28)33-17-16-30-12-14-31(15-13-30)21-6-2-1-3-7-21/h1-11,18-19H,12-17H2. The Labute approximate surface area is 193 Å². The van der Waals surface area contributed by atoms with Crippen molar-refractivity contribution in [3.8, 4) is 17.0 Å². The van der Waals surface area contributed by atoms with E-state index in [4.69, 9.17) is 4.74 Å². The maximum atomic E-state index is 13.2. The first-order valence-electron chi connectivity index (χ1n) is 11.5. The molecule has 6 rings (SSSR count). The van der Waals surface area contributed by atoms with Crippen LogP contribution in [0.25, 0.3) is 22.0 Å². The molecular weight excluding hydrogens is 410 g/mol. The second kappa shape index (κ2) is 8.34. The Morgan fingerprint density at radius 3 is 2.39 bits per heavy atom. The molecule has 5 heteroatoms. The van der Waals surface area contributed by atoms with Crippen LogP contribution in [-0.2, 0) is 0 Å². The Hall–Kier alpha value is -3.70. The molecule has 1 aliphatic heterocycles. The summed E-state index contributed by atoms with van der Waals surface area (Å²) in [5.41, 5.74) is 4.46. The number of ether oxygens (including phenoxy) is 1. The van der Waals surface area contributed by atoms with Crippen LogP contribution in [0.5, 0.6) is 5.75 Å². The molecular formula is C28H25N3O2. The quantitative estimate of drug-likeness (QED) is 0.402. The van der Waals surface area contributed by atoms with Crippen molar-refractivity contribution in [2.24, 2.45) is 0 Å². The van der Waals surface area contributed by atoms with Gasteiger partial charge in [-0.25, -0.2) is 0 Å². The zero-order valence-corrected chi connectivity index (χ0v) is 18.4. The lowest BCUT2D eigenvalue weighted by atomic mass is 9.85. The number of carbonyl (C=O) groups is 1. The minimum absolute atomic E-state index is 0.0404. The fourth-order valence-electron chi connectivity index (χ4n) is 4.95. The zero-order valence-electron chi connectivity index (χ0n) is 18.4. The van der Waals surface area contributed by atoms with Crippen LogP contribution in [0.2, 0.25) is 0 Å². The van der Waals surface area contributed by atoms with Crippen molar-refractivity contribution in [1.82, 2.24) is 9.88 Å². The average molecular weight is 436 g/mol. The topological polar surface area (TPSA) is 45.7 Å². The summed E-state index contributed by atoms with van der Waals surface area (Å²) < 4.78 is 6.14. The van der Waals surface area contributed by atoms with E-state index in [0.29, 0.717) is 17.7 Å². The lowest BCUT2D eigenvalue weighted by Crippen LogP contribution is -2.47. The lowest BCUT2D eigenvalue weighted by Gasteiger charge is -2.36. The number of aromatic nitrogens is 1. The maximum Gasteiger partial charge on any atom is 0.194 e. The number of fused-ring (bicyclic) bond motifs is 2. The second-order valence-corrected chi connectivity index (χ2v) is 8.62. The molecule has 2 heterocycles. The molecule has 0 bridgehead atoms. The first-order valence-corrected chi connectivity index (χ1v) is 11.5. The van der Waals surface area contributed by atoms with Gasteiger partial charge in [0.05, 0.1) is 5.69 Å². The molecule has 0 saturated carbocycles. The van der Waals surface area contributed by atoms with Crippen LogP contribution >= 0.6 is 0 Å². The van der Waals surface area contributed by atoms with Crippen molar-refractivity contribution in [2.45, 2.75) is 0 Å². The number of nitrogens with zero attached hydrogens (tertiary/aromatic N) is 3. The van der Waals surface area contributed by atoms with E-state index in [-0.39, 0.29) is 5.78 Å². The number of benzene rings is 3. The highest BCUT2D eigenvalue weighted by molar-refractivity contribution is 6.25. The summed E-state index contributed by atoms with van der Waals surface area (Å²) in [6.07, 6.45) is 1.81. The van der Waals surface area contributed by atoms with Gasteiger partial charge < -0.3 is 9.64 Å². The molecule has 0 atom stereocenters. The highest BCUT2D eigenvalue weighted by atomic mass is 16.5. The van der Waals surface area contributed by atoms with E-state index in [9.17, 15) is 4.79 Å². The number of piperazine rings is 1. The van der Waals surface area contributed by atoms with E-state index < -0.39 is 0 Å². The molecule has 0 unspecified atom stereocenters. The fraction of sp³-hybridized carbons (Fsp3) is 0.214. The Morgan fingerprint density at radius 2 is 1.58 bits per heavy atom. The van der Waals surface area contributed by atoms with E-state index in [1.54, 1.807) is 0 Å². The van der Waals surface area contributed by atoms with Gasteiger partial charge in [0.2, 0.25) is 0 Å². The van der Waals surface area contributed by atoms with Crippen LogP contribution < -0.4 is 9.64 Å². The molecule has 1 aliphatic carbocycles. The number of rotatable bonds is 5. The first kappa shape index (κ1) is 19.9. The van der Waals surface area contributed by atoms with Crippen LogP contribution in [-0.4, -0.2) is 55.0 Å². The molecule has 2 aliphatic rings. The van der Waals surface area contributed by atoms with Crippen molar-refractivity contribution in [3.63, 3.8) is 0 Å².